The molecule has 7 nitrogen and oxygen atoms in total. The number of urea groups is 1. The Morgan fingerprint density at radius 3 is 2.67 bits per heavy atom. The average Bonchev–Trinajstić information content (AvgIpc) is 3.25. The molecule has 1 aliphatic carbocycles. The van der Waals surface area contributed by atoms with Crippen LogP contribution in [0.2, 0.25) is 0 Å². The summed E-state index contributed by atoms with van der Waals surface area (Å²) in [6.07, 6.45) is -0.852. The van der Waals surface area contributed by atoms with Gasteiger partial charge in [-0.2, -0.15) is 13.2 Å². The van der Waals surface area contributed by atoms with Gasteiger partial charge in [0.1, 0.15) is 11.3 Å². The quantitative estimate of drug-likeness (QED) is 0.625. The van der Waals surface area contributed by atoms with Gasteiger partial charge in [0.15, 0.2) is 6.61 Å². The molecule has 30 heavy (non-hydrogen) atoms. The van der Waals surface area contributed by atoms with Crippen LogP contribution in [0.4, 0.5) is 18.0 Å². The van der Waals surface area contributed by atoms with Gasteiger partial charge in [-0.15, -0.1) is 0 Å². The number of benzene rings is 1. The minimum atomic E-state index is -4.42. The third-order valence-electron chi connectivity index (χ3n) is 5.28. The molecule has 10 heteroatoms. The van der Waals surface area contributed by atoms with Gasteiger partial charge in [-0.3, -0.25) is 14.5 Å². The summed E-state index contributed by atoms with van der Waals surface area (Å²) in [5.41, 5.74) is -0.154. The number of amides is 4. The van der Waals surface area contributed by atoms with Crippen molar-refractivity contribution in [2.75, 3.05) is 13.2 Å². The number of ether oxygens (including phenoxy) is 1. The van der Waals surface area contributed by atoms with E-state index in [0.29, 0.717) is 24.8 Å². The highest BCUT2D eigenvalue weighted by Gasteiger charge is 2.52. The van der Waals surface area contributed by atoms with Gasteiger partial charge in [0.05, 0.1) is 0 Å². The summed E-state index contributed by atoms with van der Waals surface area (Å²) in [5, 5.41) is 5.47. The Morgan fingerprint density at radius 2 is 1.97 bits per heavy atom. The number of nitrogens with one attached hydrogen (secondary N) is 2. The predicted octanol–water partition coefficient (Wildman–Crippen LogP) is 2.89. The van der Waals surface area contributed by atoms with Crippen LogP contribution in [-0.4, -0.2) is 47.6 Å². The zero-order valence-electron chi connectivity index (χ0n) is 16.4. The van der Waals surface area contributed by atoms with Crippen LogP contribution >= 0.6 is 0 Å². The van der Waals surface area contributed by atoms with Gasteiger partial charge in [-0.05, 0) is 37.0 Å². The Hall–Kier alpha value is -2.78. The highest BCUT2D eigenvalue weighted by molar-refractivity contribution is 6.07. The topological polar surface area (TPSA) is 87.7 Å². The maximum atomic E-state index is 12.5. The normalized spacial score (nSPS) is 18.0. The summed E-state index contributed by atoms with van der Waals surface area (Å²) >= 11 is 0. The van der Waals surface area contributed by atoms with Crippen molar-refractivity contribution in [3.8, 4) is 5.75 Å². The van der Waals surface area contributed by atoms with Crippen molar-refractivity contribution < 1.29 is 32.3 Å². The second-order valence-corrected chi connectivity index (χ2v) is 7.61. The molecule has 4 amide bonds. The van der Waals surface area contributed by atoms with Crippen molar-refractivity contribution in [3.05, 3.63) is 29.8 Å². The molecule has 0 unspecified atom stereocenters. The molecular weight excluding hydrogens is 403 g/mol. The van der Waals surface area contributed by atoms with E-state index in [2.05, 4.69) is 15.4 Å². The van der Waals surface area contributed by atoms with E-state index in [9.17, 15) is 27.6 Å². The molecule has 3 rings (SSSR count). The van der Waals surface area contributed by atoms with Crippen molar-refractivity contribution in [1.29, 1.82) is 0 Å². The fraction of sp³-hybridized carbons (Fsp3) is 0.550. The maximum Gasteiger partial charge on any atom is 0.422 e. The molecule has 1 aromatic carbocycles. The molecular formula is C20H24F3N3O4. The SMILES string of the molecule is O=C(CCCN1C(=O)NC2(CCCC2)C1=O)NCc1cccc(OCC(F)(F)F)c1. The van der Waals surface area contributed by atoms with Gasteiger partial charge >= 0.3 is 12.2 Å². The number of carbonyl (C=O) groups is 3. The van der Waals surface area contributed by atoms with E-state index in [1.54, 1.807) is 12.1 Å². The van der Waals surface area contributed by atoms with Crippen molar-refractivity contribution in [2.45, 2.75) is 56.8 Å². The largest absolute Gasteiger partial charge is 0.484 e. The van der Waals surface area contributed by atoms with Gasteiger partial charge in [-0.25, -0.2) is 4.79 Å². The Morgan fingerprint density at radius 1 is 1.23 bits per heavy atom. The lowest BCUT2D eigenvalue weighted by atomic mass is 9.98. The summed E-state index contributed by atoms with van der Waals surface area (Å²) in [7, 11) is 0. The second kappa shape index (κ2) is 8.93. The van der Waals surface area contributed by atoms with Gasteiger partial charge < -0.3 is 15.4 Å². The first-order valence-corrected chi connectivity index (χ1v) is 9.88. The zero-order valence-corrected chi connectivity index (χ0v) is 16.4. The zero-order chi connectivity index (χ0) is 21.8. The van der Waals surface area contributed by atoms with Crippen molar-refractivity contribution in [3.63, 3.8) is 0 Å². The molecule has 1 saturated carbocycles. The number of nitrogens with zero attached hydrogens (tertiary/aromatic N) is 1. The smallest absolute Gasteiger partial charge is 0.422 e. The Balaban J connectivity index is 1.40. The van der Waals surface area contributed by atoms with Crippen LogP contribution < -0.4 is 15.4 Å². The van der Waals surface area contributed by atoms with Crippen LogP contribution in [0.5, 0.6) is 5.75 Å². The number of alkyl halides is 3. The minimum Gasteiger partial charge on any atom is -0.484 e. The molecule has 1 saturated heterocycles. The molecule has 2 N–H and O–H groups in total. The molecule has 0 atom stereocenters. The first-order valence-electron chi connectivity index (χ1n) is 9.88. The summed E-state index contributed by atoms with van der Waals surface area (Å²) in [4.78, 5) is 37.9. The predicted molar refractivity (Wildman–Crippen MR) is 101 cm³/mol. The monoisotopic (exact) mass is 427 g/mol. The van der Waals surface area contributed by atoms with E-state index >= 15 is 0 Å². The Bertz CT molecular complexity index is 807. The second-order valence-electron chi connectivity index (χ2n) is 7.61. The number of halogens is 3. The number of hydrogen-bond acceptors (Lipinski definition) is 4. The van der Waals surface area contributed by atoms with Crippen LogP contribution in [0.3, 0.4) is 0 Å². The highest BCUT2D eigenvalue weighted by Crippen LogP contribution is 2.35. The summed E-state index contributed by atoms with van der Waals surface area (Å²) in [6.45, 7) is -1.08. The number of rotatable bonds is 8. The summed E-state index contributed by atoms with van der Waals surface area (Å²) in [6, 6.07) is 5.64. The first kappa shape index (κ1) is 21.9. The molecule has 1 heterocycles. The third kappa shape index (κ3) is 5.43. The summed E-state index contributed by atoms with van der Waals surface area (Å²) < 4.78 is 41.4. The van der Waals surface area contributed by atoms with E-state index in [-0.39, 0.29) is 37.1 Å². The first-order chi connectivity index (χ1) is 14.2. The molecule has 2 fully saturated rings. The van der Waals surface area contributed by atoms with Crippen molar-refractivity contribution in [1.82, 2.24) is 15.5 Å². The molecule has 0 bridgehead atoms. The van der Waals surface area contributed by atoms with Crippen LogP contribution in [0.15, 0.2) is 24.3 Å². The molecule has 1 aliphatic heterocycles. The van der Waals surface area contributed by atoms with Gasteiger partial charge in [0.25, 0.3) is 5.91 Å². The molecule has 0 radical (unpaired) electrons. The van der Waals surface area contributed by atoms with E-state index in [4.69, 9.17) is 0 Å². The van der Waals surface area contributed by atoms with E-state index < -0.39 is 24.4 Å². The summed E-state index contributed by atoms with van der Waals surface area (Å²) in [5.74, 6) is -0.418. The fourth-order valence-corrected chi connectivity index (χ4v) is 3.79. The van der Waals surface area contributed by atoms with Crippen molar-refractivity contribution in [2.24, 2.45) is 0 Å². The highest BCUT2D eigenvalue weighted by atomic mass is 19.4. The van der Waals surface area contributed by atoms with Crippen LogP contribution in [-0.2, 0) is 16.1 Å². The fourth-order valence-electron chi connectivity index (χ4n) is 3.79. The average molecular weight is 427 g/mol. The molecule has 0 aromatic heterocycles. The third-order valence-corrected chi connectivity index (χ3v) is 5.28. The standard InChI is InChI=1S/C20H24F3N3O4/c21-20(22,23)13-30-15-6-3-5-14(11-15)12-24-16(27)7-4-10-26-17(28)19(25-18(26)29)8-1-2-9-19/h3,5-6,11H,1-2,4,7-10,12-13H2,(H,24,27)(H,25,29). The van der Waals surface area contributed by atoms with E-state index in [0.717, 1.165) is 12.8 Å². The lowest BCUT2D eigenvalue weighted by Gasteiger charge is -2.19. The van der Waals surface area contributed by atoms with Gasteiger partial charge in [-0.1, -0.05) is 25.0 Å². The molecule has 1 spiro atoms. The number of carbonyl (C=O) groups excluding carboxylic acids is 3. The van der Waals surface area contributed by atoms with Crippen molar-refractivity contribution >= 4 is 17.8 Å². The van der Waals surface area contributed by atoms with Gasteiger partial charge in [0, 0.05) is 19.5 Å². The number of hydrogen-bond donors (Lipinski definition) is 2. The lowest BCUT2D eigenvalue weighted by Crippen LogP contribution is -2.44. The molecule has 164 valence electrons. The van der Waals surface area contributed by atoms with E-state index in [1.165, 1.54) is 17.0 Å². The van der Waals surface area contributed by atoms with Gasteiger partial charge in [0.2, 0.25) is 5.91 Å². The number of imide groups is 1. The van der Waals surface area contributed by atoms with E-state index in [1.807, 2.05) is 0 Å². The maximum absolute atomic E-state index is 12.5. The molecule has 2 aliphatic rings. The lowest BCUT2D eigenvalue weighted by molar-refractivity contribution is -0.153. The van der Waals surface area contributed by atoms with Crippen LogP contribution in [0.25, 0.3) is 0 Å². The Kier molecular flexibility index (Phi) is 6.52. The van der Waals surface area contributed by atoms with Crippen LogP contribution in [0.1, 0.15) is 44.1 Å². The van der Waals surface area contributed by atoms with Crippen LogP contribution in [0, 0.1) is 0 Å². The Labute approximate surface area is 171 Å². The molecule has 1 aromatic rings. The minimum absolute atomic E-state index is 0.0680.